The molecule has 0 heterocycles. The van der Waals surface area contributed by atoms with Crippen molar-refractivity contribution in [2.24, 2.45) is 0 Å². The van der Waals surface area contributed by atoms with Crippen LogP contribution in [-0.4, -0.2) is 29.7 Å². The molecule has 4 heteroatoms. The highest BCUT2D eigenvalue weighted by Gasteiger charge is 2.06. The molecular formula is C13H19NO2S. The van der Waals surface area contributed by atoms with E-state index in [1.54, 1.807) is 11.9 Å². The predicted octanol–water partition coefficient (Wildman–Crippen LogP) is 2.36. The van der Waals surface area contributed by atoms with E-state index in [9.17, 15) is 4.79 Å². The number of hydrogen-bond donors (Lipinski definition) is 1. The highest BCUT2D eigenvalue weighted by Crippen LogP contribution is 2.14. The Morgan fingerprint density at radius 3 is 2.41 bits per heavy atom. The lowest BCUT2D eigenvalue weighted by Gasteiger charge is -2.16. The smallest absolute Gasteiger partial charge is 0.232 e. The molecule has 0 fully saturated rings. The summed E-state index contributed by atoms with van der Waals surface area (Å²) in [5, 5.41) is 0. The van der Waals surface area contributed by atoms with Crippen LogP contribution in [0, 0.1) is 0 Å². The van der Waals surface area contributed by atoms with E-state index >= 15 is 0 Å². The maximum atomic E-state index is 11.4. The van der Waals surface area contributed by atoms with Gasteiger partial charge in [0.05, 0.1) is 11.9 Å². The summed E-state index contributed by atoms with van der Waals surface area (Å²) in [6.45, 7) is 4.58. The second-order valence-corrected chi connectivity index (χ2v) is 4.53. The highest BCUT2D eigenvalue weighted by atomic mass is 32.1. The summed E-state index contributed by atoms with van der Waals surface area (Å²) < 4.78 is 5.55. The molecule has 1 aromatic rings. The molecule has 94 valence electrons. The van der Waals surface area contributed by atoms with Gasteiger partial charge in [-0.2, -0.15) is 12.6 Å². The molecule has 0 N–H and O–H groups in total. The van der Waals surface area contributed by atoms with Gasteiger partial charge in [-0.05, 0) is 31.5 Å². The molecule has 0 aliphatic rings. The Morgan fingerprint density at radius 2 is 1.94 bits per heavy atom. The molecule has 0 aliphatic heterocycles. The number of carbonyl (C=O) groups is 1. The summed E-state index contributed by atoms with van der Waals surface area (Å²) in [6, 6.07) is 7.79. The predicted molar refractivity (Wildman–Crippen MR) is 72.5 cm³/mol. The summed E-state index contributed by atoms with van der Waals surface area (Å²) in [5.74, 6) is 1.12. The first-order chi connectivity index (χ1) is 8.02. The standard InChI is InChI=1S/C13H19NO2S/c1-10(2)16-12-6-4-11(5-7-12)8-14(3)13(15)9-17/h4-7,10,17H,8-9H2,1-3H3. The molecule has 0 atom stereocenters. The van der Waals surface area contributed by atoms with Crippen molar-refractivity contribution in [2.75, 3.05) is 12.8 Å². The number of rotatable bonds is 5. The Morgan fingerprint density at radius 1 is 1.35 bits per heavy atom. The third kappa shape index (κ3) is 4.69. The maximum absolute atomic E-state index is 11.4. The van der Waals surface area contributed by atoms with E-state index in [2.05, 4.69) is 12.6 Å². The van der Waals surface area contributed by atoms with Crippen molar-refractivity contribution in [1.29, 1.82) is 0 Å². The molecular weight excluding hydrogens is 234 g/mol. The lowest BCUT2D eigenvalue weighted by atomic mass is 10.2. The molecule has 0 saturated heterocycles. The summed E-state index contributed by atoms with van der Waals surface area (Å²) >= 11 is 3.96. The van der Waals surface area contributed by atoms with Gasteiger partial charge in [0.25, 0.3) is 0 Å². The number of benzene rings is 1. The van der Waals surface area contributed by atoms with Crippen LogP contribution >= 0.6 is 12.6 Å². The minimum absolute atomic E-state index is 0.0239. The van der Waals surface area contributed by atoms with Crippen LogP contribution in [0.4, 0.5) is 0 Å². The molecule has 17 heavy (non-hydrogen) atoms. The van der Waals surface area contributed by atoms with Gasteiger partial charge in [0.15, 0.2) is 0 Å². The van der Waals surface area contributed by atoms with Gasteiger partial charge in [0.1, 0.15) is 5.75 Å². The third-order valence-electron chi connectivity index (χ3n) is 2.28. The van der Waals surface area contributed by atoms with E-state index in [1.807, 2.05) is 38.1 Å². The Kier molecular flexibility index (Phi) is 5.35. The lowest BCUT2D eigenvalue weighted by molar-refractivity contribution is -0.127. The number of carbonyl (C=O) groups excluding carboxylic acids is 1. The van der Waals surface area contributed by atoms with Crippen LogP contribution in [0.1, 0.15) is 19.4 Å². The second-order valence-electron chi connectivity index (χ2n) is 4.22. The first-order valence-corrected chi connectivity index (χ1v) is 6.26. The Hall–Kier alpha value is -1.16. The fraction of sp³-hybridized carbons (Fsp3) is 0.462. The van der Waals surface area contributed by atoms with Gasteiger partial charge in [-0.3, -0.25) is 4.79 Å². The fourth-order valence-corrected chi connectivity index (χ4v) is 1.67. The topological polar surface area (TPSA) is 29.5 Å². The van der Waals surface area contributed by atoms with Crippen LogP contribution in [0.3, 0.4) is 0 Å². The Balaban J connectivity index is 2.59. The largest absolute Gasteiger partial charge is 0.491 e. The number of nitrogens with zero attached hydrogens (tertiary/aromatic N) is 1. The number of amides is 1. The second kappa shape index (κ2) is 6.55. The van der Waals surface area contributed by atoms with Crippen molar-refractivity contribution in [3.05, 3.63) is 29.8 Å². The van der Waals surface area contributed by atoms with Crippen molar-refractivity contribution in [1.82, 2.24) is 4.90 Å². The summed E-state index contributed by atoms with van der Waals surface area (Å²) in [6.07, 6.45) is 0.175. The molecule has 0 saturated carbocycles. The van der Waals surface area contributed by atoms with Crippen molar-refractivity contribution < 1.29 is 9.53 Å². The minimum atomic E-state index is 0.0239. The highest BCUT2D eigenvalue weighted by molar-refractivity contribution is 7.81. The average molecular weight is 253 g/mol. The molecule has 0 aromatic heterocycles. The number of ether oxygens (including phenoxy) is 1. The number of thiol groups is 1. The first kappa shape index (κ1) is 13.9. The van der Waals surface area contributed by atoms with Gasteiger partial charge in [-0.25, -0.2) is 0 Å². The van der Waals surface area contributed by atoms with Gasteiger partial charge in [0.2, 0.25) is 5.91 Å². The molecule has 3 nitrogen and oxygen atoms in total. The van der Waals surface area contributed by atoms with E-state index in [0.717, 1.165) is 11.3 Å². The van der Waals surface area contributed by atoms with Crippen LogP contribution in [-0.2, 0) is 11.3 Å². The Labute approximate surface area is 108 Å². The van der Waals surface area contributed by atoms with E-state index in [1.165, 1.54) is 0 Å². The third-order valence-corrected chi connectivity index (χ3v) is 2.55. The maximum Gasteiger partial charge on any atom is 0.232 e. The molecule has 1 aromatic carbocycles. The minimum Gasteiger partial charge on any atom is -0.491 e. The van der Waals surface area contributed by atoms with Crippen molar-refractivity contribution >= 4 is 18.5 Å². The fourth-order valence-electron chi connectivity index (χ4n) is 1.43. The molecule has 0 unspecified atom stereocenters. The average Bonchev–Trinajstić information content (AvgIpc) is 2.30. The Bertz CT molecular complexity index is 362. The van der Waals surface area contributed by atoms with Crippen molar-refractivity contribution in [3.8, 4) is 5.75 Å². The van der Waals surface area contributed by atoms with E-state index in [0.29, 0.717) is 6.54 Å². The molecule has 0 radical (unpaired) electrons. The lowest BCUT2D eigenvalue weighted by Crippen LogP contribution is -2.27. The van der Waals surface area contributed by atoms with Gasteiger partial charge >= 0.3 is 0 Å². The van der Waals surface area contributed by atoms with Crippen LogP contribution < -0.4 is 4.74 Å². The van der Waals surface area contributed by atoms with E-state index < -0.39 is 0 Å². The molecule has 1 amide bonds. The zero-order valence-electron chi connectivity index (χ0n) is 10.5. The molecule has 0 bridgehead atoms. The van der Waals surface area contributed by atoms with Crippen molar-refractivity contribution in [3.63, 3.8) is 0 Å². The molecule has 0 spiro atoms. The van der Waals surface area contributed by atoms with Gasteiger partial charge in [0, 0.05) is 13.6 Å². The van der Waals surface area contributed by atoms with Gasteiger partial charge in [-0.1, -0.05) is 12.1 Å². The van der Waals surface area contributed by atoms with Crippen LogP contribution in [0.2, 0.25) is 0 Å². The summed E-state index contributed by atoms with van der Waals surface area (Å²) in [5.41, 5.74) is 1.08. The van der Waals surface area contributed by atoms with Gasteiger partial charge in [-0.15, -0.1) is 0 Å². The molecule has 0 aliphatic carbocycles. The monoisotopic (exact) mass is 253 g/mol. The van der Waals surface area contributed by atoms with Crippen LogP contribution in [0.5, 0.6) is 5.75 Å². The van der Waals surface area contributed by atoms with Crippen molar-refractivity contribution in [2.45, 2.75) is 26.5 Å². The summed E-state index contributed by atoms with van der Waals surface area (Å²) in [7, 11) is 1.77. The number of hydrogen-bond acceptors (Lipinski definition) is 3. The SMILES string of the molecule is CC(C)Oc1ccc(CN(C)C(=O)CS)cc1. The van der Waals surface area contributed by atoms with E-state index in [-0.39, 0.29) is 17.8 Å². The zero-order chi connectivity index (χ0) is 12.8. The molecule has 1 rings (SSSR count). The zero-order valence-corrected chi connectivity index (χ0v) is 11.4. The van der Waals surface area contributed by atoms with Crippen LogP contribution in [0.15, 0.2) is 24.3 Å². The summed E-state index contributed by atoms with van der Waals surface area (Å²) in [4.78, 5) is 13.0. The first-order valence-electron chi connectivity index (χ1n) is 5.63. The normalized spacial score (nSPS) is 10.4. The quantitative estimate of drug-likeness (QED) is 0.816. The van der Waals surface area contributed by atoms with E-state index in [4.69, 9.17) is 4.74 Å². The van der Waals surface area contributed by atoms with Gasteiger partial charge < -0.3 is 9.64 Å². The van der Waals surface area contributed by atoms with Crippen LogP contribution in [0.25, 0.3) is 0 Å².